The topological polar surface area (TPSA) is 50.2 Å². The largest absolute Gasteiger partial charge is 0.426 e. The van der Waals surface area contributed by atoms with E-state index in [1.807, 2.05) is 18.2 Å². The van der Waals surface area contributed by atoms with E-state index in [1.165, 1.54) is 50.5 Å². The van der Waals surface area contributed by atoms with E-state index in [0.29, 0.717) is 17.9 Å². The fraction of sp³-hybridized carbons (Fsp3) is 0.680. The number of benzene rings is 1. The zero-order chi connectivity index (χ0) is 20.6. The van der Waals surface area contributed by atoms with Crippen molar-refractivity contribution in [2.24, 2.45) is 0 Å². The third kappa shape index (κ3) is 10.1. The number of hydrogen-bond donors (Lipinski definition) is 1. The maximum absolute atomic E-state index is 12.3. The quantitative estimate of drug-likeness (QED) is 0.137. The highest BCUT2D eigenvalue weighted by atomic mass is 16.5. The number of hydrogen-bond acceptors (Lipinski definition) is 3. The normalized spacial score (nSPS) is 10.8. The lowest BCUT2D eigenvalue weighted by Crippen LogP contribution is -2.11. The van der Waals surface area contributed by atoms with E-state index in [0.717, 1.165) is 44.1 Å². The lowest BCUT2D eigenvalue weighted by molar-refractivity contribution is -0.134. The Morgan fingerprint density at radius 1 is 0.821 bits per heavy atom. The molecule has 1 N–H and O–H groups in total. The molecule has 0 aromatic heterocycles. The van der Waals surface area contributed by atoms with Gasteiger partial charge in [-0.25, -0.2) is 0 Å². The molecule has 3 nitrogen and oxygen atoms in total. The van der Waals surface area contributed by atoms with E-state index in [2.05, 4.69) is 20.8 Å². The van der Waals surface area contributed by atoms with Crippen LogP contribution in [0.2, 0.25) is 0 Å². The van der Waals surface area contributed by atoms with E-state index < -0.39 is 0 Å². The molecule has 0 spiro atoms. The number of carbonyl (C=O) groups is 1. The Kier molecular flexibility index (Phi) is 13.3. The second-order valence-electron chi connectivity index (χ2n) is 7.82. The number of rotatable bonds is 16. The van der Waals surface area contributed by atoms with Crippen LogP contribution in [0.1, 0.15) is 115 Å². The molecule has 3 heteroatoms. The molecule has 0 bridgehead atoms. The lowest BCUT2D eigenvalue weighted by atomic mass is 10.0. The first-order valence-electron chi connectivity index (χ1n) is 11.5. The summed E-state index contributed by atoms with van der Waals surface area (Å²) in [5.74, 6) is 0.385. The van der Waals surface area contributed by atoms with Crippen molar-refractivity contribution >= 4 is 11.7 Å². The van der Waals surface area contributed by atoms with Crippen LogP contribution in [0.4, 0.5) is 0 Å². The zero-order valence-corrected chi connectivity index (χ0v) is 18.4. The first-order chi connectivity index (χ1) is 13.6. The lowest BCUT2D eigenvalue weighted by Gasteiger charge is -2.13. The fourth-order valence-corrected chi connectivity index (χ4v) is 3.36. The highest BCUT2D eigenvalue weighted by Crippen LogP contribution is 2.24. The molecule has 0 radical (unpaired) electrons. The fourth-order valence-electron chi connectivity index (χ4n) is 3.36. The SMILES string of the molecule is CCCCCCCCCCCC(=O)Oc1ccc(CC)cc1C(=N)CCCC. The summed E-state index contributed by atoms with van der Waals surface area (Å²) in [4.78, 5) is 12.3. The van der Waals surface area contributed by atoms with Crippen molar-refractivity contribution in [2.45, 2.75) is 111 Å². The van der Waals surface area contributed by atoms with Crippen LogP contribution < -0.4 is 4.74 Å². The maximum atomic E-state index is 12.3. The predicted molar refractivity (Wildman–Crippen MR) is 120 cm³/mol. The minimum absolute atomic E-state index is 0.170. The van der Waals surface area contributed by atoms with Crippen LogP contribution in [0.5, 0.6) is 5.75 Å². The molecule has 1 rings (SSSR count). The van der Waals surface area contributed by atoms with E-state index in [1.54, 1.807) is 0 Å². The number of carbonyl (C=O) groups excluding carboxylic acids is 1. The molecule has 0 saturated heterocycles. The molecule has 0 aliphatic rings. The van der Waals surface area contributed by atoms with Crippen LogP contribution in [-0.2, 0) is 11.2 Å². The summed E-state index contributed by atoms with van der Waals surface area (Å²) >= 11 is 0. The number of nitrogens with one attached hydrogen (secondary N) is 1. The van der Waals surface area contributed by atoms with E-state index in [9.17, 15) is 4.79 Å². The Labute approximate surface area is 172 Å². The van der Waals surface area contributed by atoms with Gasteiger partial charge in [-0.05, 0) is 43.4 Å². The smallest absolute Gasteiger partial charge is 0.311 e. The van der Waals surface area contributed by atoms with Crippen molar-refractivity contribution in [3.8, 4) is 5.75 Å². The van der Waals surface area contributed by atoms with Gasteiger partial charge in [-0.15, -0.1) is 0 Å². The first-order valence-corrected chi connectivity index (χ1v) is 11.5. The Hall–Kier alpha value is -1.64. The van der Waals surface area contributed by atoms with Gasteiger partial charge in [-0.2, -0.15) is 0 Å². The van der Waals surface area contributed by atoms with E-state index >= 15 is 0 Å². The van der Waals surface area contributed by atoms with Gasteiger partial charge in [0.05, 0.1) is 0 Å². The monoisotopic (exact) mass is 387 g/mol. The van der Waals surface area contributed by atoms with Gasteiger partial charge in [-0.3, -0.25) is 4.79 Å². The molecule has 0 aliphatic heterocycles. The average molecular weight is 388 g/mol. The molecule has 0 fully saturated rings. The van der Waals surface area contributed by atoms with Gasteiger partial charge in [0.1, 0.15) is 5.75 Å². The first kappa shape index (κ1) is 24.4. The summed E-state index contributed by atoms with van der Waals surface area (Å²) in [7, 11) is 0. The second-order valence-corrected chi connectivity index (χ2v) is 7.82. The van der Waals surface area contributed by atoms with Crippen molar-refractivity contribution in [2.75, 3.05) is 0 Å². The van der Waals surface area contributed by atoms with Crippen LogP contribution in [-0.4, -0.2) is 11.7 Å². The predicted octanol–water partition coefficient (Wildman–Crippen LogP) is 7.63. The summed E-state index contributed by atoms with van der Waals surface area (Å²) in [5.41, 5.74) is 2.53. The van der Waals surface area contributed by atoms with Gasteiger partial charge in [0.15, 0.2) is 0 Å². The summed E-state index contributed by atoms with van der Waals surface area (Å²) in [6.07, 6.45) is 15.3. The molecule has 0 atom stereocenters. The summed E-state index contributed by atoms with van der Waals surface area (Å²) in [5, 5.41) is 8.37. The third-order valence-electron chi connectivity index (χ3n) is 5.27. The molecule has 0 amide bonds. The van der Waals surface area contributed by atoms with Gasteiger partial charge in [0.2, 0.25) is 0 Å². The molecule has 1 aromatic carbocycles. The van der Waals surface area contributed by atoms with Crippen LogP contribution in [0.25, 0.3) is 0 Å². The molecule has 0 heterocycles. The van der Waals surface area contributed by atoms with E-state index in [4.69, 9.17) is 10.1 Å². The second kappa shape index (κ2) is 15.3. The Morgan fingerprint density at radius 2 is 1.43 bits per heavy atom. The van der Waals surface area contributed by atoms with Crippen molar-refractivity contribution in [1.82, 2.24) is 0 Å². The highest BCUT2D eigenvalue weighted by Gasteiger charge is 2.13. The van der Waals surface area contributed by atoms with Gasteiger partial charge in [0.25, 0.3) is 0 Å². The van der Waals surface area contributed by atoms with Gasteiger partial charge < -0.3 is 10.1 Å². The van der Waals surface area contributed by atoms with Crippen LogP contribution in [0.3, 0.4) is 0 Å². The zero-order valence-electron chi connectivity index (χ0n) is 18.4. The van der Waals surface area contributed by atoms with Gasteiger partial charge in [0, 0.05) is 17.7 Å². The molecule has 0 saturated carbocycles. The third-order valence-corrected chi connectivity index (χ3v) is 5.27. The maximum Gasteiger partial charge on any atom is 0.311 e. The van der Waals surface area contributed by atoms with Crippen molar-refractivity contribution in [3.63, 3.8) is 0 Å². The molecule has 28 heavy (non-hydrogen) atoms. The Balaban J connectivity index is 2.41. The molecule has 0 aliphatic carbocycles. The molecule has 0 unspecified atom stereocenters. The number of ether oxygens (including phenoxy) is 1. The van der Waals surface area contributed by atoms with E-state index in [-0.39, 0.29) is 5.97 Å². The van der Waals surface area contributed by atoms with Crippen LogP contribution in [0, 0.1) is 5.41 Å². The summed E-state index contributed by atoms with van der Waals surface area (Å²) < 4.78 is 5.64. The van der Waals surface area contributed by atoms with Crippen molar-refractivity contribution in [3.05, 3.63) is 29.3 Å². The van der Waals surface area contributed by atoms with Gasteiger partial charge >= 0.3 is 5.97 Å². The van der Waals surface area contributed by atoms with Crippen LogP contribution in [0.15, 0.2) is 18.2 Å². The number of aryl methyl sites for hydroxylation is 1. The van der Waals surface area contributed by atoms with Crippen molar-refractivity contribution in [1.29, 1.82) is 5.41 Å². The standard InChI is InChI=1S/C25H41NO2/c1-4-7-9-10-11-12-13-14-15-17-25(27)28-24-19-18-21(6-3)20-22(24)23(26)16-8-5-2/h18-20,26H,4-17H2,1-3H3. The highest BCUT2D eigenvalue weighted by molar-refractivity contribution is 6.01. The molecule has 1 aromatic rings. The molecular formula is C25H41NO2. The Bertz CT molecular complexity index is 580. The number of unbranched alkanes of at least 4 members (excludes halogenated alkanes) is 9. The Morgan fingerprint density at radius 3 is 2.04 bits per heavy atom. The minimum atomic E-state index is -0.170. The summed E-state index contributed by atoms with van der Waals surface area (Å²) in [6.45, 7) is 6.47. The molecular weight excluding hydrogens is 346 g/mol. The summed E-state index contributed by atoms with van der Waals surface area (Å²) in [6, 6.07) is 5.87. The van der Waals surface area contributed by atoms with Gasteiger partial charge in [-0.1, -0.05) is 84.6 Å². The average Bonchev–Trinajstić information content (AvgIpc) is 2.71. The number of esters is 1. The van der Waals surface area contributed by atoms with Crippen molar-refractivity contribution < 1.29 is 9.53 Å². The minimum Gasteiger partial charge on any atom is -0.426 e. The molecule has 158 valence electrons. The van der Waals surface area contributed by atoms with Crippen LogP contribution >= 0.6 is 0 Å².